The fraction of sp³-hybridized carbons (Fsp3) is 0.517. The van der Waals surface area contributed by atoms with Crippen LogP contribution in [0, 0.1) is 11.3 Å². The lowest BCUT2D eigenvalue weighted by Gasteiger charge is -2.42. The van der Waals surface area contributed by atoms with Crippen LogP contribution in [0.4, 0.5) is 17.5 Å². The molecule has 2 saturated heterocycles. The van der Waals surface area contributed by atoms with E-state index in [1.54, 1.807) is 7.11 Å². The summed E-state index contributed by atoms with van der Waals surface area (Å²) in [6.07, 6.45) is 9.45. The summed E-state index contributed by atoms with van der Waals surface area (Å²) in [5.74, 6) is 3.28. The van der Waals surface area contributed by atoms with Crippen LogP contribution in [0.1, 0.15) is 36.6 Å². The van der Waals surface area contributed by atoms with E-state index in [4.69, 9.17) is 35.6 Å². The quantitative estimate of drug-likeness (QED) is 0.316. The Balaban J connectivity index is 1.02. The maximum atomic E-state index is 6.73. The average molecular weight is 577 g/mol. The van der Waals surface area contributed by atoms with Crippen molar-refractivity contribution in [3.8, 4) is 5.75 Å². The van der Waals surface area contributed by atoms with Gasteiger partial charge in [0.1, 0.15) is 24.2 Å². The third-order valence-corrected chi connectivity index (χ3v) is 10.1. The molecule has 3 aromatic rings. The largest absolute Gasteiger partial charge is 0.486 e. The van der Waals surface area contributed by atoms with Gasteiger partial charge in [0, 0.05) is 56.8 Å². The zero-order valence-electron chi connectivity index (χ0n) is 23.2. The Bertz CT molecular complexity index is 1420. The maximum absolute atomic E-state index is 6.73. The number of pyridine rings is 2. The lowest BCUT2D eigenvalue weighted by atomic mass is 9.73. The molecule has 12 heteroatoms. The Morgan fingerprint density at radius 2 is 2.05 bits per heavy atom. The van der Waals surface area contributed by atoms with Crippen molar-refractivity contribution < 1.29 is 14.2 Å². The summed E-state index contributed by atoms with van der Waals surface area (Å²) in [6, 6.07) is 6.39. The van der Waals surface area contributed by atoms with Gasteiger partial charge >= 0.3 is 0 Å². The third-order valence-electron chi connectivity index (χ3n) is 9.08. The molecule has 3 aromatic heterocycles. The van der Waals surface area contributed by atoms with E-state index in [2.05, 4.69) is 25.8 Å². The van der Waals surface area contributed by atoms with Gasteiger partial charge in [-0.2, -0.15) is 0 Å². The molecule has 0 saturated carbocycles. The predicted molar refractivity (Wildman–Crippen MR) is 156 cm³/mol. The molecule has 3 atom stereocenters. The van der Waals surface area contributed by atoms with Gasteiger partial charge in [0.2, 0.25) is 0 Å². The van der Waals surface area contributed by atoms with Gasteiger partial charge < -0.3 is 35.5 Å². The fourth-order valence-corrected chi connectivity index (χ4v) is 7.75. The second kappa shape index (κ2) is 10.9. The Morgan fingerprint density at radius 3 is 2.85 bits per heavy atom. The first kappa shape index (κ1) is 26.7. The van der Waals surface area contributed by atoms with E-state index in [1.165, 1.54) is 17.3 Å². The van der Waals surface area contributed by atoms with E-state index >= 15 is 0 Å². The smallest absolute Gasteiger partial charge is 0.175 e. The van der Waals surface area contributed by atoms with E-state index in [1.807, 2.05) is 30.7 Å². The minimum absolute atomic E-state index is 0.0301. The normalized spacial score (nSPS) is 24.2. The Hall–Kier alpha value is -3.19. The first-order valence-corrected chi connectivity index (χ1v) is 15.1. The number of nitrogen functional groups attached to an aromatic ring is 1. The van der Waals surface area contributed by atoms with E-state index in [-0.39, 0.29) is 11.5 Å². The SMILES string of the molecule is COCOC[C@@H]1C[C@H]2COc3c(Sc4ncc(N5CCC6(CC5)Cc5ncccc5[C@H]6N)nc4N)ccnc3N2C1. The van der Waals surface area contributed by atoms with Gasteiger partial charge in [0.15, 0.2) is 17.4 Å². The van der Waals surface area contributed by atoms with E-state index in [0.29, 0.717) is 42.8 Å². The van der Waals surface area contributed by atoms with Gasteiger partial charge in [0.25, 0.3) is 0 Å². The molecule has 0 bridgehead atoms. The van der Waals surface area contributed by atoms with Crippen molar-refractivity contribution in [1.29, 1.82) is 0 Å². The van der Waals surface area contributed by atoms with Crippen LogP contribution in [0.25, 0.3) is 0 Å². The summed E-state index contributed by atoms with van der Waals surface area (Å²) in [6.45, 7) is 4.21. The molecule has 7 rings (SSSR count). The minimum atomic E-state index is 0.0301. The molecular weight excluding hydrogens is 540 g/mol. The molecule has 0 amide bonds. The molecule has 1 aliphatic carbocycles. The Morgan fingerprint density at radius 1 is 1.17 bits per heavy atom. The van der Waals surface area contributed by atoms with Crippen molar-refractivity contribution >= 4 is 29.2 Å². The molecule has 11 nitrogen and oxygen atoms in total. The number of nitrogens with two attached hydrogens (primary N) is 2. The van der Waals surface area contributed by atoms with Gasteiger partial charge in [-0.1, -0.05) is 17.8 Å². The van der Waals surface area contributed by atoms with Crippen molar-refractivity contribution in [3.63, 3.8) is 0 Å². The summed E-state index contributed by atoms with van der Waals surface area (Å²) in [5.41, 5.74) is 15.6. The highest BCUT2D eigenvalue weighted by Gasteiger charge is 2.46. The summed E-state index contributed by atoms with van der Waals surface area (Å²) in [7, 11) is 1.64. The van der Waals surface area contributed by atoms with Gasteiger partial charge in [-0.25, -0.2) is 15.0 Å². The zero-order chi connectivity index (χ0) is 28.0. The molecule has 4 aliphatic rings. The monoisotopic (exact) mass is 576 g/mol. The van der Waals surface area contributed by atoms with Crippen molar-refractivity contribution in [3.05, 3.63) is 48.0 Å². The first-order valence-electron chi connectivity index (χ1n) is 14.2. The summed E-state index contributed by atoms with van der Waals surface area (Å²) < 4.78 is 16.9. The molecule has 0 aromatic carbocycles. The molecule has 2 fully saturated rings. The van der Waals surface area contributed by atoms with Crippen molar-refractivity contribution in [1.82, 2.24) is 19.9 Å². The minimum Gasteiger partial charge on any atom is -0.486 e. The Labute approximate surface area is 244 Å². The molecule has 216 valence electrons. The fourth-order valence-electron chi connectivity index (χ4n) is 6.91. The van der Waals surface area contributed by atoms with E-state index < -0.39 is 0 Å². The van der Waals surface area contributed by atoms with Crippen LogP contribution in [0.2, 0.25) is 0 Å². The summed E-state index contributed by atoms with van der Waals surface area (Å²) in [5, 5.41) is 0.660. The first-order chi connectivity index (χ1) is 20.0. The number of anilines is 3. The molecule has 0 radical (unpaired) electrons. The van der Waals surface area contributed by atoms with Crippen LogP contribution in [0.15, 0.2) is 46.7 Å². The van der Waals surface area contributed by atoms with Gasteiger partial charge in [-0.05, 0) is 48.8 Å². The number of piperidine rings is 1. The molecule has 3 aliphatic heterocycles. The number of hydrogen-bond donors (Lipinski definition) is 2. The molecular formula is C29H36N8O3S. The average Bonchev–Trinajstić information content (AvgIpc) is 3.53. The summed E-state index contributed by atoms with van der Waals surface area (Å²) >= 11 is 1.47. The highest BCUT2D eigenvalue weighted by molar-refractivity contribution is 7.99. The second-order valence-corrected chi connectivity index (χ2v) is 12.6. The van der Waals surface area contributed by atoms with Crippen molar-refractivity contribution in [2.24, 2.45) is 17.1 Å². The lowest BCUT2D eigenvalue weighted by Crippen LogP contribution is -2.44. The predicted octanol–water partition coefficient (Wildman–Crippen LogP) is 3.05. The van der Waals surface area contributed by atoms with Crippen LogP contribution in [-0.4, -0.2) is 72.7 Å². The Kier molecular flexibility index (Phi) is 7.10. The van der Waals surface area contributed by atoms with E-state index in [0.717, 1.165) is 73.3 Å². The van der Waals surface area contributed by atoms with Crippen molar-refractivity contribution in [2.45, 2.75) is 47.7 Å². The number of rotatable bonds is 7. The van der Waals surface area contributed by atoms with Gasteiger partial charge in [-0.3, -0.25) is 4.98 Å². The van der Waals surface area contributed by atoms with Crippen LogP contribution in [0.3, 0.4) is 0 Å². The van der Waals surface area contributed by atoms with Gasteiger partial charge in [0.05, 0.1) is 23.7 Å². The summed E-state index contributed by atoms with van der Waals surface area (Å²) in [4.78, 5) is 24.3. The number of fused-ring (bicyclic) bond motifs is 4. The third kappa shape index (κ3) is 4.86. The van der Waals surface area contributed by atoms with Gasteiger partial charge in [-0.15, -0.1) is 0 Å². The zero-order valence-corrected chi connectivity index (χ0v) is 24.1. The number of ether oxygens (including phenoxy) is 3. The maximum Gasteiger partial charge on any atom is 0.175 e. The molecule has 6 heterocycles. The number of aromatic nitrogens is 4. The molecule has 0 unspecified atom stereocenters. The van der Waals surface area contributed by atoms with E-state index in [9.17, 15) is 0 Å². The molecule has 4 N–H and O–H groups in total. The highest BCUT2D eigenvalue weighted by atomic mass is 32.2. The molecule has 41 heavy (non-hydrogen) atoms. The highest BCUT2D eigenvalue weighted by Crippen LogP contribution is 2.50. The lowest BCUT2D eigenvalue weighted by molar-refractivity contribution is -0.0414. The number of methoxy groups -OCH3 is 1. The second-order valence-electron chi connectivity index (χ2n) is 11.5. The topological polar surface area (TPSA) is 138 Å². The van der Waals surface area contributed by atoms with Crippen LogP contribution >= 0.6 is 11.8 Å². The van der Waals surface area contributed by atoms with Crippen LogP contribution in [0.5, 0.6) is 5.75 Å². The van der Waals surface area contributed by atoms with Crippen molar-refractivity contribution in [2.75, 3.05) is 62.3 Å². The molecule has 1 spiro atoms. The van der Waals surface area contributed by atoms with Crippen LogP contribution in [-0.2, 0) is 15.9 Å². The number of nitrogens with zero attached hydrogens (tertiary/aromatic N) is 6. The number of hydrogen-bond acceptors (Lipinski definition) is 12. The van der Waals surface area contributed by atoms with Crippen LogP contribution < -0.4 is 26.0 Å². The standard InChI is InChI=1S/C29H36N8O3S/c1-38-17-39-15-18-11-19-16-40-24-22(4-8-33-27(24)37(19)14-18)41-28-26(31)35-23(13-34-28)36-9-5-29(6-10-36)12-21-20(25(29)30)3-2-7-32-21/h2-4,7-8,13,18-19,25H,5-6,9-12,14-17,30H2,1H3,(H2,31,35)/t18-,19+,25-/m1/s1.